The summed E-state index contributed by atoms with van der Waals surface area (Å²) in [5.41, 5.74) is 7.52. The lowest BCUT2D eigenvalue weighted by atomic mass is 10.0. The lowest BCUT2D eigenvalue weighted by Gasteiger charge is -2.02. The zero-order valence-electron chi connectivity index (χ0n) is 9.47. The molecule has 0 saturated carbocycles. The van der Waals surface area contributed by atoms with Gasteiger partial charge in [-0.1, -0.05) is 30.3 Å². The second-order valence-corrected chi connectivity index (χ2v) is 3.97. The molecule has 2 rings (SSSR count). The highest BCUT2D eigenvalue weighted by Gasteiger charge is 2.05. The van der Waals surface area contributed by atoms with E-state index in [1.54, 1.807) is 12.3 Å². The number of carbonyl (C=O) groups is 1. The van der Waals surface area contributed by atoms with Crippen LogP contribution in [0.2, 0.25) is 0 Å². The first-order chi connectivity index (χ1) is 8.24. The van der Waals surface area contributed by atoms with Gasteiger partial charge in [0.25, 0.3) is 0 Å². The van der Waals surface area contributed by atoms with Gasteiger partial charge in [-0.3, -0.25) is 4.79 Å². The van der Waals surface area contributed by atoms with Gasteiger partial charge in [-0.25, -0.2) is 4.98 Å². The molecule has 0 atom stereocenters. The van der Waals surface area contributed by atoms with Crippen molar-refractivity contribution < 1.29 is 4.79 Å². The second-order valence-electron chi connectivity index (χ2n) is 3.97. The molecule has 86 valence electrons. The SMILES string of the molecule is Nc1cc(CC(=O)Cc2ccccc2)ccn1. The summed E-state index contributed by atoms with van der Waals surface area (Å²) in [7, 11) is 0. The molecule has 3 heteroatoms. The first-order valence-electron chi connectivity index (χ1n) is 5.50. The number of hydrogen-bond acceptors (Lipinski definition) is 3. The van der Waals surface area contributed by atoms with E-state index in [9.17, 15) is 4.79 Å². The minimum absolute atomic E-state index is 0.182. The van der Waals surface area contributed by atoms with Gasteiger partial charge in [0.2, 0.25) is 0 Å². The van der Waals surface area contributed by atoms with Crippen molar-refractivity contribution in [1.82, 2.24) is 4.98 Å². The van der Waals surface area contributed by atoms with Gasteiger partial charge in [-0.05, 0) is 23.3 Å². The van der Waals surface area contributed by atoms with Crippen LogP contribution in [-0.2, 0) is 17.6 Å². The summed E-state index contributed by atoms with van der Waals surface area (Å²) in [6.45, 7) is 0. The first kappa shape index (κ1) is 11.3. The fourth-order valence-electron chi connectivity index (χ4n) is 1.72. The molecule has 0 radical (unpaired) electrons. The number of nitrogens with two attached hydrogens (primary N) is 1. The highest BCUT2D eigenvalue weighted by atomic mass is 16.1. The van der Waals surface area contributed by atoms with Crippen LogP contribution in [0.25, 0.3) is 0 Å². The molecule has 2 aromatic rings. The second kappa shape index (κ2) is 5.25. The van der Waals surface area contributed by atoms with Crippen molar-refractivity contribution in [2.75, 3.05) is 5.73 Å². The zero-order valence-corrected chi connectivity index (χ0v) is 9.47. The predicted octanol–water partition coefficient (Wildman–Crippen LogP) is 2.02. The number of anilines is 1. The van der Waals surface area contributed by atoms with Crippen LogP contribution in [0.5, 0.6) is 0 Å². The summed E-state index contributed by atoms with van der Waals surface area (Å²) >= 11 is 0. The van der Waals surface area contributed by atoms with Crippen LogP contribution in [-0.4, -0.2) is 10.8 Å². The third kappa shape index (κ3) is 3.41. The Labute approximate surface area is 100 Å². The van der Waals surface area contributed by atoms with Gasteiger partial charge in [-0.15, -0.1) is 0 Å². The van der Waals surface area contributed by atoms with Gasteiger partial charge in [0, 0.05) is 19.0 Å². The third-order valence-electron chi connectivity index (χ3n) is 2.49. The van der Waals surface area contributed by atoms with Crippen LogP contribution in [0.4, 0.5) is 5.82 Å². The number of pyridine rings is 1. The Morgan fingerprint density at radius 2 is 1.76 bits per heavy atom. The van der Waals surface area contributed by atoms with E-state index in [0.717, 1.165) is 11.1 Å². The van der Waals surface area contributed by atoms with Crippen LogP contribution in [0, 0.1) is 0 Å². The molecule has 1 aromatic heterocycles. The summed E-state index contributed by atoms with van der Waals surface area (Å²) in [6.07, 6.45) is 2.49. The van der Waals surface area contributed by atoms with E-state index in [2.05, 4.69) is 4.98 Å². The molecule has 0 saturated heterocycles. The fraction of sp³-hybridized carbons (Fsp3) is 0.143. The van der Waals surface area contributed by atoms with Crippen molar-refractivity contribution in [1.29, 1.82) is 0 Å². The van der Waals surface area contributed by atoms with Crippen molar-refractivity contribution in [2.24, 2.45) is 0 Å². The van der Waals surface area contributed by atoms with Gasteiger partial charge >= 0.3 is 0 Å². The van der Waals surface area contributed by atoms with Gasteiger partial charge in [0.15, 0.2) is 0 Å². The maximum Gasteiger partial charge on any atom is 0.141 e. The molecular formula is C14H14N2O. The maximum atomic E-state index is 11.8. The standard InChI is InChI=1S/C14H14N2O/c15-14-10-12(6-7-16-14)9-13(17)8-11-4-2-1-3-5-11/h1-7,10H,8-9H2,(H2,15,16). The van der Waals surface area contributed by atoms with E-state index in [1.807, 2.05) is 36.4 Å². The average Bonchev–Trinajstić information content (AvgIpc) is 2.30. The molecule has 0 aliphatic carbocycles. The zero-order chi connectivity index (χ0) is 12.1. The van der Waals surface area contributed by atoms with Crippen molar-refractivity contribution in [3.8, 4) is 0 Å². The number of benzene rings is 1. The molecular weight excluding hydrogens is 212 g/mol. The number of rotatable bonds is 4. The number of aromatic nitrogens is 1. The molecule has 17 heavy (non-hydrogen) atoms. The molecule has 0 fully saturated rings. The molecule has 0 spiro atoms. The number of hydrogen-bond donors (Lipinski definition) is 1. The molecule has 0 bridgehead atoms. The first-order valence-corrected chi connectivity index (χ1v) is 5.50. The normalized spacial score (nSPS) is 10.1. The lowest BCUT2D eigenvalue weighted by Crippen LogP contribution is -2.07. The number of nitrogen functional groups attached to an aromatic ring is 1. The number of carbonyl (C=O) groups excluding carboxylic acids is 1. The summed E-state index contributed by atoms with van der Waals surface area (Å²) in [6, 6.07) is 13.3. The van der Waals surface area contributed by atoms with Gasteiger partial charge < -0.3 is 5.73 Å². The molecule has 0 unspecified atom stereocenters. The smallest absolute Gasteiger partial charge is 0.141 e. The highest BCUT2D eigenvalue weighted by Crippen LogP contribution is 2.07. The van der Waals surface area contributed by atoms with Gasteiger partial charge in [0.1, 0.15) is 11.6 Å². The van der Waals surface area contributed by atoms with E-state index in [-0.39, 0.29) is 5.78 Å². The Kier molecular flexibility index (Phi) is 3.50. The van der Waals surface area contributed by atoms with Gasteiger partial charge in [0.05, 0.1) is 0 Å². The molecule has 1 heterocycles. The quantitative estimate of drug-likeness (QED) is 0.867. The Hall–Kier alpha value is -2.16. The van der Waals surface area contributed by atoms with E-state index in [0.29, 0.717) is 18.7 Å². The molecule has 3 nitrogen and oxygen atoms in total. The maximum absolute atomic E-state index is 11.8. The topological polar surface area (TPSA) is 56.0 Å². The van der Waals surface area contributed by atoms with E-state index < -0.39 is 0 Å². The highest BCUT2D eigenvalue weighted by molar-refractivity contribution is 5.83. The molecule has 1 aromatic carbocycles. The average molecular weight is 226 g/mol. The summed E-state index contributed by atoms with van der Waals surface area (Å²) in [5, 5.41) is 0. The van der Waals surface area contributed by atoms with E-state index in [4.69, 9.17) is 5.73 Å². The van der Waals surface area contributed by atoms with Crippen molar-refractivity contribution in [3.05, 3.63) is 59.8 Å². The largest absolute Gasteiger partial charge is 0.384 e. The van der Waals surface area contributed by atoms with Crippen LogP contribution in [0.3, 0.4) is 0 Å². The Bertz CT molecular complexity index is 509. The minimum atomic E-state index is 0.182. The fourth-order valence-corrected chi connectivity index (χ4v) is 1.72. The number of nitrogens with zero attached hydrogens (tertiary/aromatic N) is 1. The Balaban J connectivity index is 1.98. The lowest BCUT2D eigenvalue weighted by molar-refractivity contribution is -0.117. The van der Waals surface area contributed by atoms with Crippen LogP contribution in [0.15, 0.2) is 48.7 Å². The molecule has 0 aliphatic rings. The Morgan fingerprint density at radius 1 is 1.06 bits per heavy atom. The van der Waals surface area contributed by atoms with Crippen LogP contribution >= 0.6 is 0 Å². The van der Waals surface area contributed by atoms with Crippen LogP contribution < -0.4 is 5.73 Å². The predicted molar refractivity (Wildman–Crippen MR) is 67.5 cm³/mol. The molecule has 0 amide bonds. The Morgan fingerprint density at radius 3 is 2.47 bits per heavy atom. The number of ketones is 1. The van der Waals surface area contributed by atoms with Crippen molar-refractivity contribution in [2.45, 2.75) is 12.8 Å². The van der Waals surface area contributed by atoms with Gasteiger partial charge in [-0.2, -0.15) is 0 Å². The monoisotopic (exact) mass is 226 g/mol. The summed E-state index contributed by atoms with van der Waals surface area (Å²) in [4.78, 5) is 15.7. The van der Waals surface area contributed by atoms with Crippen LogP contribution in [0.1, 0.15) is 11.1 Å². The third-order valence-corrected chi connectivity index (χ3v) is 2.49. The van der Waals surface area contributed by atoms with Crippen molar-refractivity contribution in [3.63, 3.8) is 0 Å². The number of Topliss-reactive ketones (excluding diaryl/α,β-unsaturated/α-hetero) is 1. The minimum Gasteiger partial charge on any atom is -0.384 e. The van der Waals surface area contributed by atoms with Crippen molar-refractivity contribution >= 4 is 11.6 Å². The molecule has 0 aliphatic heterocycles. The summed E-state index contributed by atoms with van der Waals surface area (Å²) < 4.78 is 0. The molecule has 2 N–H and O–H groups in total. The van der Waals surface area contributed by atoms with E-state index >= 15 is 0 Å². The van der Waals surface area contributed by atoms with E-state index in [1.165, 1.54) is 0 Å². The summed E-state index contributed by atoms with van der Waals surface area (Å²) in [5.74, 6) is 0.636.